The maximum atomic E-state index is 13.2. The number of anilines is 1. The van der Waals surface area contributed by atoms with Crippen LogP contribution in [0.2, 0.25) is 0 Å². The minimum Gasteiger partial charge on any atom is -0.453 e. The summed E-state index contributed by atoms with van der Waals surface area (Å²) in [6.07, 6.45) is -0.657. The number of benzene rings is 1. The minimum absolute atomic E-state index is 0.0535. The summed E-state index contributed by atoms with van der Waals surface area (Å²) in [5.41, 5.74) is 4.25. The van der Waals surface area contributed by atoms with E-state index in [1.807, 2.05) is 26.8 Å². The van der Waals surface area contributed by atoms with E-state index in [0.29, 0.717) is 6.42 Å². The number of rotatable bonds is 6. The Balaban J connectivity index is 1.59. The third-order valence-electron chi connectivity index (χ3n) is 4.73. The third-order valence-corrected chi connectivity index (χ3v) is 4.73. The van der Waals surface area contributed by atoms with Crippen LogP contribution in [0.5, 0.6) is 0 Å². The van der Waals surface area contributed by atoms with Gasteiger partial charge in [0.1, 0.15) is 0 Å². The molecule has 0 spiro atoms. The Bertz CT molecular complexity index is 1130. The molecule has 0 saturated carbocycles. The van der Waals surface area contributed by atoms with Crippen molar-refractivity contribution in [3.8, 4) is 0 Å². The molecule has 2 aromatic heterocycles. The number of hydrogen-bond acceptors (Lipinski definition) is 5. The second kappa shape index (κ2) is 8.56. The van der Waals surface area contributed by atoms with E-state index in [0.717, 1.165) is 40.4 Å². The van der Waals surface area contributed by atoms with Gasteiger partial charge >= 0.3 is 5.97 Å². The van der Waals surface area contributed by atoms with Crippen molar-refractivity contribution >= 4 is 23.2 Å². The van der Waals surface area contributed by atoms with Gasteiger partial charge in [0, 0.05) is 35.6 Å². The van der Waals surface area contributed by atoms with Crippen molar-refractivity contribution in [1.82, 2.24) is 14.6 Å². The molecule has 30 heavy (non-hydrogen) atoms. The summed E-state index contributed by atoms with van der Waals surface area (Å²) in [4.78, 5) is 28.9. The second-order valence-corrected chi connectivity index (χ2v) is 7.07. The first kappa shape index (κ1) is 21.4. The predicted octanol–water partition coefficient (Wildman–Crippen LogP) is 3.44. The van der Waals surface area contributed by atoms with Gasteiger partial charge in [-0.2, -0.15) is 5.10 Å². The summed E-state index contributed by atoms with van der Waals surface area (Å²) in [7, 11) is 0. The Labute approximate surface area is 172 Å². The minimum atomic E-state index is -1.10. The molecule has 7 nitrogen and oxygen atoms in total. The number of carbonyl (C=O) groups is 2. The monoisotopic (exact) mass is 416 g/mol. The van der Waals surface area contributed by atoms with E-state index in [4.69, 9.17) is 4.74 Å². The Kier molecular flexibility index (Phi) is 6.09. The highest BCUT2D eigenvalue weighted by Crippen LogP contribution is 2.18. The molecule has 0 radical (unpaired) electrons. The molecule has 0 aliphatic heterocycles. The molecule has 0 aliphatic rings. The van der Waals surface area contributed by atoms with Crippen LogP contribution in [0.15, 0.2) is 24.3 Å². The van der Waals surface area contributed by atoms with Crippen LogP contribution < -0.4 is 5.32 Å². The highest BCUT2D eigenvalue weighted by atomic mass is 19.2. The highest BCUT2D eigenvalue weighted by molar-refractivity contribution is 5.95. The van der Waals surface area contributed by atoms with Crippen molar-refractivity contribution in [2.45, 2.75) is 46.6 Å². The zero-order chi connectivity index (χ0) is 22.0. The number of aromatic nitrogens is 3. The van der Waals surface area contributed by atoms with Gasteiger partial charge in [0.2, 0.25) is 0 Å². The molecular weight excluding hydrogens is 394 g/mol. The number of nitrogens with one attached hydrogen (secondary N) is 1. The van der Waals surface area contributed by atoms with Crippen LogP contribution in [0.4, 0.5) is 14.5 Å². The van der Waals surface area contributed by atoms with Gasteiger partial charge in [0.05, 0.1) is 5.69 Å². The number of halogens is 2. The molecule has 1 N–H and O–H groups in total. The molecule has 1 atom stereocenters. The first-order chi connectivity index (χ1) is 14.2. The maximum absolute atomic E-state index is 13.2. The number of nitrogens with zero attached hydrogens (tertiary/aromatic N) is 3. The number of esters is 1. The molecule has 3 rings (SSSR count). The van der Waals surface area contributed by atoms with Gasteiger partial charge in [-0.25, -0.2) is 18.3 Å². The van der Waals surface area contributed by atoms with E-state index in [2.05, 4.69) is 15.4 Å². The van der Waals surface area contributed by atoms with Crippen LogP contribution in [0, 0.1) is 32.4 Å². The van der Waals surface area contributed by atoms with E-state index in [1.165, 1.54) is 13.0 Å². The fourth-order valence-corrected chi connectivity index (χ4v) is 3.16. The van der Waals surface area contributed by atoms with Crippen LogP contribution in [0.1, 0.15) is 36.0 Å². The molecule has 0 unspecified atom stereocenters. The second-order valence-electron chi connectivity index (χ2n) is 7.07. The highest BCUT2D eigenvalue weighted by Gasteiger charge is 2.19. The quantitative estimate of drug-likeness (QED) is 0.622. The Hall–Kier alpha value is -3.36. The van der Waals surface area contributed by atoms with Crippen molar-refractivity contribution in [3.63, 3.8) is 0 Å². The summed E-state index contributed by atoms with van der Waals surface area (Å²) in [6, 6.07) is 4.85. The van der Waals surface area contributed by atoms with Crippen molar-refractivity contribution < 1.29 is 23.1 Å². The fourth-order valence-electron chi connectivity index (χ4n) is 3.16. The lowest BCUT2D eigenvalue weighted by Crippen LogP contribution is -2.30. The number of hydrogen-bond donors (Lipinski definition) is 1. The standard InChI is InChI=1S/C21H22F2N4O3/c1-11-9-19-24-12(2)16(13(3)27(19)26-11)6-8-20(28)30-14(4)21(29)25-15-5-7-17(22)18(23)10-15/h5,7,9-10,14H,6,8H2,1-4H3,(H,25,29)/t14-/m1/s1. The summed E-state index contributed by atoms with van der Waals surface area (Å²) in [5, 5.41) is 6.78. The first-order valence-corrected chi connectivity index (χ1v) is 9.43. The van der Waals surface area contributed by atoms with E-state index in [-0.39, 0.29) is 12.1 Å². The molecule has 0 bridgehead atoms. The Morgan fingerprint density at radius 3 is 2.60 bits per heavy atom. The lowest BCUT2D eigenvalue weighted by Gasteiger charge is -2.14. The maximum Gasteiger partial charge on any atom is 0.306 e. The van der Waals surface area contributed by atoms with Crippen molar-refractivity contribution in [2.75, 3.05) is 5.32 Å². The van der Waals surface area contributed by atoms with Crippen molar-refractivity contribution in [2.24, 2.45) is 0 Å². The van der Waals surface area contributed by atoms with Crippen molar-refractivity contribution in [3.05, 3.63) is 58.5 Å². The molecule has 0 aliphatic carbocycles. The van der Waals surface area contributed by atoms with E-state index < -0.39 is 29.6 Å². The zero-order valence-corrected chi connectivity index (χ0v) is 17.1. The summed E-state index contributed by atoms with van der Waals surface area (Å²) >= 11 is 0. The lowest BCUT2D eigenvalue weighted by atomic mass is 10.1. The number of aryl methyl sites for hydroxylation is 3. The predicted molar refractivity (Wildman–Crippen MR) is 106 cm³/mol. The molecule has 2 heterocycles. The van der Waals surface area contributed by atoms with Crippen LogP contribution >= 0.6 is 0 Å². The number of amides is 1. The Morgan fingerprint density at radius 1 is 1.17 bits per heavy atom. The fraction of sp³-hybridized carbons (Fsp3) is 0.333. The van der Waals surface area contributed by atoms with Crippen LogP contribution in [0.3, 0.4) is 0 Å². The number of carbonyl (C=O) groups excluding carboxylic acids is 2. The normalized spacial score (nSPS) is 12.1. The van der Waals surface area contributed by atoms with Gasteiger partial charge < -0.3 is 10.1 Å². The average molecular weight is 416 g/mol. The van der Waals surface area contributed by atoms with Gasteiger partial charge in [0.15, 0.2) is 23.4 Å². The third kappa shape index (κ3) is 4.61. The van der Waals surface area contributed by atoms with E-state index in [1.54, 1.807) is 4.52 Å². The molecular formula is C21H22F2N4O3. The summed E-state index contributed by atoms with van der Waals surface area (Å²) < 4.78 is 33.1. The van der Waals surface area contributed by atoms with Crippen molar-refractivity contribution in [1.29, 1.82) is 0 Å². The topological polar surface area (TPSA) is 85.6 Å². The molecule has 3 aromatic rings. The smallest absolute Gasteiger partial charge is 0.306 e. The SMILES string of the molecule is Cc1cc2nc(C)c(CCC(=O)O[C@H](C)C(=O)Nc3ccc(F)c(F)c3)c(C)n2n1. The van der Waals surface area contributed by atoms with Gasteiger partial charge in [-0.15, -0.1) is 0 Å². The van der Waals surface area contributed by atoms with Gasteiger partial charge in [-0.3, -0.25) is 9.59 Å². The van der Waals surface area contributed by atoms with Gasteiger partial charge in [-0.1, -0.05) is 0 Å². The first-order valence-electron chi connectivity index (χ1n) is 9.43. The van der Waals surface area contributed by atoms with E-state index in [9.17, 15) is 18.4 Å². The molecule has 0 fully saturated rings. The van der Waals surface area contributed by atoms with Crippen LogP contribution in [-0.4, -0.2) is 32.6 Å². The molecule has 0 saturated heterocycles. The zero-order valence-electron chi connectivity index (χ0n) is 17.1. The Morgan fingerprint density at radius 2 is 1.90 bits per heavy atom. The summed E-state index contributed by atoms with van der Waals surface area (Å²) in [6.45, 7) is 7.07. The molecule has 1 amide bonds. The number of fused-ring (bicyclic) bond motifs is 1. The lowest BCUT2D eigenvalue weighted by molar-refractivity contribution is -0.153. The number of ether oxygens (including phenoxy) is 1. The van der Waals surface area contributed by atoms with E-state index >= 15 is 0 Å². The van der Waals surface area contributed by atoms with Gasteiger partial charge in [-0.05, 0) is 51.8 Å². The molecule has 9 heteroatoms. The largest absolute Gasteiger partial charge is 0.453 e. The average Bonchev–Trinajstić information content (AvgIpc) is 3.04. The molecule has 158 valence electrons. The summed E-state index contributed by atoms with van der Waals surface area (Å²) in [5.74, 6) is -3.30. The van der Waals surface area contributed by atoms with Crippen LogP contribution in [0.25, 0.3) is 5.65 Å². The van der Waals surface area contributed by atoms with Crippen LogP contribution in [-0.2, 0) is 20.7 Å². The molecule has 1 aromatic carbocycles. The van der Waals surface area contributed by atoms with Gasteiger partial charge in [0.25, 0.3) is 5.91 Å².